The van der Waals surface area contributed by atoms with E-state index in [1.165, 1.54) is 0 Å². The zero-order valence-electron chi connectivity index (χ0n) is 9.99. The van der Waals surface area contributed by atoms with Crippen molar-refractivity contribution in [2.24, 2.45) is 10.7 Å². The first-order valence-corrected chi connectivity index (χ1v) is 5.23. The van der Waals surface area contributed by atoms with Crippen LogP contribution in [0.25, 0.3) is 0 Å². The Morgan fingerprint density at radius 3 is 2.38 bits per heavy atom. The Morgan fingerprint density at radius 2 is 1.88 bits per heavy atom. The molecule has 0 bridgehead atoms. The van der Waals surface area contributed by atoms with Crippen LogP contribution in [0.2, 0.25) is 0 Å². The molecule has 4 nitrogen and oxygen atoms in total. The molecule has 4 N–H and O–H groups in total. The van der Waals surface area contributed by atoms with Crippen LogP contribution in [0.4, 0.5) is 0 Å². The Balaban J connectivity index is 2.56. The van der Waals surface area contributed by atoms with Crippen molar-refractivity contribution in [3.8, 4) is 5.75 Å². The summed E-state index contributed by atoms with van der Waals surface area (Å²) >= 11 is 0. The molecule has 16 heavy (non-hydrogen) atoms. The van der Waals surface area contributed by atoms with Gasteiger partial charge < -0.3 is 16.2 Å². The van der Waals surface area contributed by atoms with Crippen LogP contribution in [0.5, 0.6) is 5.75 Å². The second kappa shape index (κ2) is 4.88. The van der Waals surface area contributed by atoms with E-state index >= 15 is 0 Å². The van der Waals surface area contributed by atoms with Crippen LogP contribution >= 0.6 is 0 Å². The molecule has 0 aromatic heterocycles. The highest BCUT2D eigenvalue weighted by molar-refractivity contribution is 5.78. The second-order valence-corrected chi connectivity index (χ2v) is 4.74. The third-order valence-corrected chi connectivity index (χ3v) is 1.87. The molecule has 0 aliphatic heterocycles. The standard InChI is InChI=1S/C12H19N3O/c1-12(2,3)15-11(13)14-8-9-4-6-10(16)7-5-9/h4-7,16H,8H2,1-3H3,(H3,13,14,15). The number of hydrogen-bond acceptors (Lipinski definition) is 2. The number of phenolic OH excluding ortho intramolecular Hbond substituents is 1. The molecular formula is C12H19N3O. The molecule has 1 aromatic carbocycles. The van der Waals surface area contributed by atoms with E-state index in [-0.39, 0.29) is 11.3 Å². The molecule has 1 aromatic rings. The minimum Gasteiger partial charge on any atom is -0.508 e. The van der Waals surface area contributed by atoms with Crippen molar-refractivity contribution in [3.63, 3.8) is 0 Å². The largest absolute Gasteiger partial charge is 0.508 e. The van der Waals surface area contributed by atoms with Gasteiger partial charge in [-0.15, -0.1) is 0 Å². The molecule has 1 rings (SSSR count). The van der Waals surface area contributed by atoms with Crippen molar-refractivity contribution in [2.75, 3.05) is 0 Å². The van der Waals surface area contributed by atoms with E-state index in [9.17, 15) is 0 Å². The van der Waals surface area contributed by atoms with Crippen molar-refractivity contribution in [2.45, 2.75) is 32.9 Å². The second-order valence-electron chi connectivity index (χ2n) is 4.74. The minimum absolute atomic E-state index is 0.0808. The molecule has 0 saturated heterocycles. The molecule has 0 spiro atoms. The third-order valence-electron chi connectivity index (χ3n) is 1.87. The number of nitrogens with two attached hydrogens (primary N) is 1. The highest BCUT2D eigenvalue weighted by atomic mass is 16.3. The maximum absolute atomic E-state index is 9.11. The van der Waals surface area contributed by atoms with Gasteiger partial charge in [-0.1, -0.05) is 12.1 Å². The monoisotopic (exact) mass is 221 g/mol. The molecule has 0 aliphatic carbocycles. The van der Waals surface area contributed by atoms with Crippen LogP contribution in [0, 0.1) is 0 Å². The number of rotatable bonds is 2. The Labute approximate surface area is 96.2 Å². The fourth-order valence-corrected chi connectivity index (χ4v) is 1.20. The first kappa shape index (κ1) is 12.4. The molecule has 0 fully saturated rings. The molecule has 0 saturated carbocycles. The van der Waals surface area contributed by atoms with Gasteiger partial charge in [0, 0.05) is 5.54 Å². The fourth-order valence-electron chi connectivity index (χ4n) is 1.20. The number of nitrogens with one attached hydrogen (secondary N) is 1. The summed E-state index contributed by atoms with van der Waals surface area (Å²) in [5.41, 5.74) is 6.66. The summed E-state index contributed by atoms with van der Waals surface area (Å²) in [5.74, 6) is 0.689. The quantitative estimate of drug-likeness (QED) is 0.524. The van der Waals surface area contributed by atoms with Crippen molar-refractivity contribution >= 4 is 5.96 Å². The molecule has 0 unspecified atom stereocenters. The van der Waals surface area contributed by atoms with Crippen molar-refractivity contribution < 1.29 is 5.11 Å². The number of hydrogen-bond donors (Lipinski definition) is 3. The molecule has 0 radical (unpaired) electrons. The molecule has 0 aliphatic rings. The van der Waals surface area contributed by atoms with E-state index in [4.69, 9.17) is 10.8 Å². The molecule has 0 heterocycles. The average Bonchev–Trinajstić information content (AvgIpc) is 2.14. The maximum Gasteiger partial charge on any atom is 0.189 e. The lowest BCUT2D eigenvalue weighted by molar-refractivity contribution is 0.475. The van der Waals surface area contributed by atoms with E-state index in [1.807, 2.05) is 32.9 Å². The lowest BCUT2D eigenvalue weighted by Gasteiger charge is -2.20. The first-order chi connectivity index (χ1) is 7.37. The van der Waals surface area contributed by atoms with E-state index in [1.54, 1.807) is 12.1 Å². The lowest BCUT2D eigenvalue weighted by Crippen LogP contribution is -2.44. The Bertz CT molecular complexity index is 363. The summed E-state index contributed by atoms with van der Waals surface area (Å²) in [6, 6.07) is 6.92. The average molecular weight is 221 g/mol. The van der Waals surface area contributed by atoms with Crippen LogP contribution in [0.1, 0.15) is 26.3 Å². The van der Waals surface area contributed by atoms with E-state index in [2.05, 4.69) is 10.3 Å². The van der Waals surface area contributed by atoms with E-state index in [0.29, 0.717) is 12.5 Å². The molecule has 88 valence electrons. The summed E-state index contributed by atoms with van der Waals surface area (Å²) < 4.78 is 0. The lowest BCUT2D eigenvalue weighted by atomic mass is 10.1. The van der Waals surface area contributed by atoms with Crippen molar-refractivity contribution in [3.05, 3.63) is 29.8 Å². The highest BCUT2D eigenvalue weighted by Crippen LogP contribution is 2.10. The Morgan fingerprint density at radius 1 is 1.31 bits per heavy atom. The number of benzene rings is 1. The Hall–Kier alpha value is -1.71. The zero-order valence-corrected chi connectivity index (χ0v) is 9.99. The fraction of sp³-hybridized carbons (Fsp3) is 0.417. The van der Waals surface area contributed by atoms with Gasteiger partial charge in [-0.3, -0.25) is 0 Å². The van der Waals surface area contributed by atoms with Gasteiger partial charge in [-0.05, 0) is 38.5 Å². The number of aliphatic imine (C=N–C) groups is 1. The molecule has 0 atom stereocenters. The summed E-state index contributed by atoms with van der Waals surface area (Å²) in [6.07, 6.45) is 0. The summed E-state index contributed by atoms with van der Waals surface area (Å²) in [7, 11) is 0. The van der Waals surface area contributed by atoms with Gasteiger partial charge in [0.05, 0.1) is 6.54 Å². The van der Waals surface area contributed by atoms with Crippen molar-refractivity contribution in [1.29, 1.82) is 0 Å². The van der Waals surface area contributed by atoms with Crippen LogP contribution < -0.4 is 11.1 Å². The number of nitrogens with zero attached hydrogens (tertiary/aromatic N) is 1. The van der Waals surface area contributed by atoms with Crippen molar-refractivity contribution in [1.82, 2.24) is 5.32 Å². The van der Waals surface area contributed by atoms with Crippen LogP contribution in [-0.2, 0) is 6.54 Å². The first-order valence-electron chi connectivity index (χ1n) is 5.23. The van der Waals surface area contributed by atoms with Gasteiger partial charge in [0.25, 0.3) is 0 Å². The predicted octanol–water partition coefficient (Wildman–Crippen LogP) is 1.59. The van der Waals surface area contributed by atoms with E-state index in [0.717, 1.165) is 5.56 Å². The van der Waals surface area contributed by atoms with Crippen LogP contribution in [0.3, 0.4) is 0 Å². The highest BCUT2D eigenvalue weighted by Gasteiger charge is 2.09. The minimum atomic E-state index is -0.0808. The SMILES string of the molecule is CC(C)(C)NC(N)=NCc1ccc(O)cc1. The third kappa shape index (κ3) is 4.68. The topological polar surface area (TPSA) is 70.6 Å². The molecule has 4 heteroatoms. The summed E-state index contributed by atoms with van der Waals surface area (Å²) in [5, 5.41) is 12.2. The Kier molecular flexibility index (Phi) is 3.77. The maximum atomic E-state index is 9.11. The smallest absolute Gasteiger partial charge is 0.189 e. The van der Waals surface area contributed by atoms with E-state index < -0.39 is 0 Å². The number of aromatic hydroxyl groups is 1. The van der Waals surface area contributed by atoms with Gasteiger partial charge >= 0.3 is 0 Å². The van der Waals surface area contributed by atoms with Gasteiger partial charge in [0.2, 0.25) is 0 Å². The predicted molar refractivity (Wildman–Crippen MR) is 66.3 cm³/mol. The van der Waals surface area contributed by atoms with Crippen LogP contribution in [0.15, 0.2) is 29.3 Å². The van der Waals surface area contributed by atoms with Gasteiger partial charge in [-0.25, -0.2) is 4.99 Å². The molecule has 0 amide bonds. The van der Waals surface area contributed by atoms with Gasteiger partial charge in [-0.2, -0.15) is 0 Å². The zero-order chi connectivity index (χ0) is 12.2. The van der Waals surface area contributed by atoms with Crippen LogP contribution in [-0.4, -0.2) is 16.6 Å². The summed E-state index contributed by atoms with van der Waals surface area (Å²) in [4.78, 5) is 4.21. The van der Waals surface area contributed by atoms with Gasteiger partial charge in [0.15, 0.2) is 5.96 Å². The summed E-state index contributed by atoms with van der Waals surface area (Å²) in [6.45, 7) is 6.58. The molecular weight excluding hydrogens is 202 g/mol. The van der Waals surface area contributed by atoms with Gasteiger partial charge in [0.1, 0.15) is 5.75 Å². The normalized spacial score (nSPS) is 12.6. The number of phenols is 1. The number of guanidine groups is 1.